The quantitative estimate of drug-likeness (QED) is 0.909. The van der Waals surface area contributed by atoms with Crippen molar-refractivity contribution < 1.29 is 0 Å². The number of piperazine rings is 1. The average Bonchev–Trinajstić information content (AvgIpc) is 2.40. The van der Waals surface area contributed by atoms with Gasteiger partial charge in [0.2, 0.25) is 0 Å². The lowest BCUT2D eigenvalue weighted by molar-refractivity contribution is 0.342. The van der Waals surface area contributed by atoms with Gasteiger partial charge in [-0.3, -0.25) is 0 Å². The molecule has 1 fully saturated rings. The number of benzene rings is 1. The zero-order valence-electron chi connectivity index (χ0n) is 10.9. The zero-order valence-corrected chi connectivity index (χ0v) is 12.4. The predicted molar refractivity (Wildman–Crippen MR) is 79.9 cm³/mol. The molecule has 1 aromatic carbocycles. The fraction of sp³-hybridized carbons (Fsp3) is 0.571. The van der Waals surface area contributed by atoms with Crippen LogP contribution in [-0.2, 0) is 0 Å². The van der Waals surface area contributed by atoms with Gasteiger partial charge in [-0.05, 0) is 24.1 Å². The van der Waals surface area contributed by atoms with Crippen LogP contribution in [-0.4, -0.2) is 25.7 Å². The van der Waals surface area contributed by atoms with Gasteiger partial charge in [-0.25, -0.2) is 0 Å². The van der Waals surface area contributed by atoms with E-state index < -0.39 is 0 Å². The summed E-state index contributed by atoms with van der Waals surface area (Å²) in [4.78, 5) is 2.33. The van der Waals surface area contributed by atoms with Crippen molar-refractivity contribution in [2.45, 2.75) is 26.3 Å². The van der Waals surface area contributed by atoms with E-state index in [2.05, 4.69) is 24.1 Å². The largest absolute Gasteiger partial charge is 0.367 e. The Hall–Kier alpha value is -0.440. The molecule has 2 nitrogen and oxygen atoms in total. The van der Waals surface area contributed by atoms with Gasteiger partial charge in [0.1, 0.15) is 0 Å². The first-order valence-electron chi connectivity index (χ1n) is 6.55. The lowest BCUT2D eigenvalue weighted by atomic mass is 9.97. The van der Waals surface area contributed by atoms with Gasteiger partial charge in [-0.2, -0.15) is 0 Å². The molecule has 1 saturated heterocycles. The maximum absolute atomic E-state index is 6.27. The third kappa shape index (κ3) is 3.11. The molecule has 0 bridgehead atoms. The fourth-order valence-electron chi connectivity index (χ4n) is 2.39. The summed E-state index contributed by atoms with van der Waals surface area (Å²) in [7, 11) is 0. The molecule has 0 radical (unpaired) electrons. The Kier molecular flexibility index (Phi) is 4.77. The van der Waals surface area contributed by atoms with E-state index in [1.807, 2.05) is 18.2 Å². The number of hydrogen-bond acceptors (Lipinski definition) is 2. The molecule has 0 aromatic heterocycles. The SMILES string of the molecule is CCC(C)C1CN(c2cc(Cl)ccc2Cl)CCN1. The highest BCUT2D eigenvalue weighted by Crippen LogP contribution is 2.30. The molecule has 1 aliphatic heterocycles. The van der Waals surface area contributed by atoms with Crippen LogP contribution in [0.5, 0.6) is 0 Å². The van der Waals surface area contributed by atoms with Crippen LogP contribution >= 0.6 is 23.2 Å². The summed E-state index contributed by atoms with van der Waals surface area (Å²) in [6, 6.07) is 6.20. The summed E-state index contributed by atoms with van der Waals surface area (Å²) in [6.45, 7) is 7.50. The number of rotatable bonds is 3. The van der Waals surface area contributed by atoms with Crippen LogP contribution in [0.15, 0.2) is 18.2 Å². The molecular weight excluding hydrogens is 267 g/mol. The molecule has 1 aromatic rings. The highest BCUT2D eigenvalue weighted by atomic mass is 35.5. The molecule has 0 amide bonds. The van der Waals surface area contributed by atoms with Crippen LogP contribution in [0.4, 0.5) is 5.69 Å². The minimum Gasteiger partial charge on any atom is -0.367 e. The molecule has 1 heterocycles. The van der Waals surface area contributed by atoms with Gasteiger partial charge in [0.25, 0.3) is 0 Å². The summed E-state index contributed by atoms with van der Waals surface area (Å²) in [5.74, 6) is 0.672. The first kappa shape index (κ1) is 14.0. The molecule has 1 N–H and O–H groups in total. The highest BCUT2D eigenvalue weighted by molar-refractivity contribution is 6.35. The fourth-order valence-corrected chi connectivity index (χ4v) is 2.79. The lowest BCUT2D eigenvalue weighted by Gasteiger charge is -2.38. The number of nitrogens with zero attached hydrogens (tertiary/aromatic N) is 1. The first-order chi connectivity index (χ1) is 8.61. The van der Waals surface area contributed by atoms with Crippen molar-refractivity contribution in [2.24, 2.45) is 5.92 Å². The number of anilines is 1. The van der Waals surface area contributed by atoms with E-state index in [0.717, 1.165) is 35.4 Å². The molecule has 2 atom stereocenters. The second-order valence-electron chi connectivity index (χ2n) is 4.99. The van der Waals surface area contributed by atoms with Crippen LogP contribution in [0.2, 0.25) is 10.0 Å². The Bertz CT molecular complexity index is 409. The Labute approximate surface area is 119 Å². The van der Waals surface area contributed by atoms with E-state index in [1.165, 1.54) is 6.42 Å². The van der Waals surface area contributed by atoms with Crippen molar-refractivity contribution in [2.75, 3.05) is 24.5 Å². The molecule has 0 spiro atoms. The Morgan fingerprint density at radius 1 is 1.44 bits per heavy atom. The molecule has 100 valence electrons. The molecule has 18 heavy (non-hydrogen) atoms. The maximum atomic E-state index is 6.27. The van der Waals surface area contributed by atoms with E-state index in [4.69, 9.17) is 23.2 Å². The monoisotopic (exact) mass is 286 g/mol. The predicted octanol–water partition coefficient (Wildman–Crippen LogP) is 3.82. The molecular formula is C14H20Cl2N2. The van der Waals surface area contributed by atoms with Crippen molar-refractivity contribution in [3.05, 3.63) is 28.2 Å². The molecule has 0 saturated carbocycles. The molecule has 0 aliphatic carbocycles. The first-order valence-corrected chi connectivity index (χ1v) is 7.30. The van der Waals surface area contributed by atoms with Crippen LogP contribution in [0, 0.1) is 5.92 Å². The highest BCUT2D eigenvalue weighted by Gasteiger charge is 2.24. The topological polar surface area (TPSA) is 15.3 Å². The third-order valence-electron chi connectivity index (χ3n) is 3.79. The Morgan fingerprint density at radius 3 is 2.94 bits per heavy atom. The minimum atomic E-state index is 0.527. The van der Waals surface area contributed by atoms with Crippen molar-refractivity contribution in [3.8, 4) is 0 Å². The smallest absolute Gasteiger partial charge is 0.0640 e. The number of hydrogen-bond donors (Lipinski definition) is 1. The third-order valence-corrected chi connectivity index (χ3v) is 4.34. The molecule has 2 rings (SSSR count). The van der Waals surface area contributed by atoms with Gasteiger partial charge in [-0.15, -0.1) is 0 Å². The average molecular weight is 287 g/mol. The van der Waals surface area contributed by atoms with Gasteiger partial charge in [-0.1, -0.05) is 43.5 Å². The van der Waals surface area contributed by atoms with Crippen LogP contribution < -0.4 is 10.2 Å². The van der Waals surface area contributed by atoms with Gasteiger partial charge in [0, 0.05) is 30.7 Å². The van der Waals surface area contributed by atoms with Gasteiger partial charge < -0.3 is 10.2 Å². The van der Waals surface area contributed by atoms with Crippen LogP contribution in [0.3, 0.4) is 0 Å². The second-order valence-corrected chi connectivity index (χ2v) is 5.83. The van der Waals surface area contributed by atoms with E-state index in [1.54, 1.807) is 0 Å². The molecule has 1 aliphatic rings. The summed E-state index contributed by atoms with van der Waals surface area (Å²) in [6.07, 6.45) is 1.19. The van der Waals surface area contributed by atoms with Crippen LogP contribution in [0.1, 0.15) is 20.3 Å². The number of nitrogens with one attached hydrogen (secondary N) is 1. The van der Waals surface area contributed by atoms with E-state index in [-0.39, 0.29) is 0 Å². The normalized spacial score (nSPS) is 22.0. The molecule has 4 heteroatoms. The zero-order chi connectivity index (χ0) is 13.1. The summed E-state index contributed by atoms with van der Waals surface area (Å²) < 4.78 is 0. The summed E-state index contributed by atoms with van der Waals surface area (Å²) in [5, 5.41) is 5.11. The lowest BCUT2D eigenvalue weighted by Crippen LogP contribution is -2.53. The molecule has 2 unspecified atom stereocenters. The van der Waals surface area contributed by atoms with E-state index >= 15 is 0 Å². The standard InChI is InChI=1S/C14H20Cl2N2/c1-3-10(2)13-9-18(7-6-17-13)14-8-11(15)4-5-12(14)16/h4-5,8,10,13,17H,3,6-7,9H2,1-2H3. The summed E-state index contributed by atoms with van der Waals surface area (Å²) in [5.41, 5.74) is 1.05. The van der Waals surface area contributed by atoms with Gasteiger partial charge in [0.15, 0.2) is 0 Å². The van der Waals surface area contributed by atoms with Crippen molar-refractivity contribution in [3.63, 3.8) is 0 Å². The Morgan fingerprint density at radius 2 is 2.22 bits per heavy atom. The van der Waals surface area contributed by atoms with Crippen molar-refractivity contribution in [1.82, 2.24) is 5.32 Å². The number of halogens is 2. The van der Waals surface area contributed by atoms with Crippen molar-refractivity contribution in [1.29, 1.82) is 0 Å². The second kappa shape index (κ2) is 6.14. The van der Waals surface area contributed by atoms with E-state index in [0.29, 0.717) is 12.0 Å². The van der Waals surface area contributed by atoms with E-state index in [9.17, 15) is 0 Å². The van der Waals surface area contributed by atoms with Crippen molar-refractivity contribution >= 4 is 28.9 Å². The summed E-state index contributed by atoms with van der Waals surface area (Å²) >= 11 is 12.3. The van der Waals surface area contributed by atoms with Crippen LogP contribution in [0.25, 0.3) is 0 Å². The minimum absolute atomic E-state index is 0.527. The Balaban J connectivity index is 2.15. The maximum Gasteiger partial charge on any atom is 0.0640 e. The van der Waals surface area contributed by atoms with Gasteiger partial charge in [0.05, 0.1) is 10.7 Å². The van der Waals surface area contributed by atoms with Gasteiger partial charge >= 0.3 is 0 Å².